The summed E-state index contributed by atoms with van der Waals surface area (Å²) in [5.41, 5.74) is 6.72. The van der Waals surface area contributed by atoms with Crippen LogP contribution in [-0.4, -0.2) is 28.5 Å². The normalized spacial score (nSPS) is 10.4. The van der Waals surface area contributed by atoms with Gasteiger partial charge in [-0.05, 0) is 38.7 Å². The van der Waals surface area contributed by atoms with Gasteiger partial charge in [0.25, 0.3) is 0 Å². The van der Waals surface area contributed by atoms with Gasteiger partial charge in [0.05, 0.1) is 0 Å². The average Bonchev–Trinajstić information content (AvgIpc) is 2.24. The molecule has 1 heterocycles. The number of anilines is 2. The lowest BCUT2D eigenvalue weighted by Gasteiger charge is -2.10. The third-order valence-electron chi connectivity index (χ3n) is 2.36. The predicted molar refractivity (Wildman–Crippen MR) is 72.0 cm³/mol. The zero-order valence-corrected chi connectivity index (χ0v) is 11.0. The third kappa shape index (κ3) is 3.89. The number of unbranched alkanes of at least 4 members (excludes halogenated alkanes) is 1. The number of thioether (sulfide) groups is 1. The molecule has 0 saturated carbocycles. The Morgan fingerprint density at radius 2 is 2.00 bits per heavy atom. The first-order valence-corrected chi connectivity index (χ1v) is 6.88. The molecule has 1 aromatic heterocycles. The van der Waals surface area contributed by atoms with E-state index in [-0.39, 0.29) is 0 Å². The summed E-state index contributed by atoms with van der Waals surface area (Å²) in [6.45, 7) is 4.74. The van der Waals surface area contributed by atoms with E-state index in [1.165, 1.54) is 12.2 Å². The van der Waals surface area contributed by atoms with Crippen molar-refractivity contribution in [2.75, 3.05) is 29.6 Å². The molecule has 4 nitrogen and oxygen atoms in total. The zero-order valence-electron chi connectivity index (χ0n) is 10.2. The van der Waals surface area contributed by atoms with Gasteiger partial charge in [0.15, 0.2) is 0 Å². The van der Waals surface area contributed by atoms with E-state index in [2.05, 4.69) is 21.5 Å². The average molecular weight is 240 g/mol. The van der Waals surface area contributed by atoms with Crippen molar-refractivity contribution < 1.29 is 0 Å². The van der Waals surface area contributed by atoms with Crippen molar-refractivity contribution in [3.63, 3.8) is 0 Å². The van der Waals surface area contributed by atoms with Crippen LogP contribution in [0.2, 0.25) is 0 Å². The van der Waals surface area contributed by atoms with E-state index in [4.69, 9.17) is 5.73 Å². The SMILES string of the molecule is CSCCCCNc1nc(C)nc(N)c1C. The summed E-state index contributed by atoms with van der Waals surface area (Å²) in [6.07, 6.45) is 4.52. The number of aryl methyl sites for hydroxylation is 1. The maximum atomic E-state index is 5.78. The number of nitrogen functional groups attached to an aromatic ring is 1. The maximum Gasteiger partial charge on any atom is 0.134 e. The van der Waals surface area contributed by atoms with E-state index in [1.54, 1.807) is 0 Å². The highest BCUT2D eigenvalue weighted by Gasteiger charge is 2.05. The van der Waals surface area contributed by atoms with Gasteiger partial charge in [0.2, 0.25) is 0 Å². The molecule has 0 atom stereocenters. The van der Waals surface area contributed by atoms with Gasteiger partial charge in [0, 0.05) is 12.1 Å². The Morgan fingerprint density at radius 3 is 2.69 bits per heavy atom. The van der Waals surface area contributed by atoms with Gasteiger partial charge in [-0.3, -0.25) is 0 Å². The number of nitrogens with two attached hydrogens (primary N) is 1. The lowest BCUT2D eigenvalue weighted by molar-refractivity contribution is 0.836. The van der Waals surface area contributed by atoms with Crippen molar-refractivity contribution >= 4 is 23.4 Å². The molecular weight excluding hydrogens is 220 g/mol. The van der Waals surface area contributed by atoms with Crippen molar-refractivity contribution in [2.24, 2.45) is 0 Å². The van der Waals surface area contributed by atoms with Gasteiger partial charge < -0.3 is 11.1 Å². The molecule has 0 amide bonds. The summed E-state index contributed by atoms with van der Waals surface area (Å²) in [5.74, 6) is 3.37. The molecule has 0 bridgehead atoms. The summed E-state index contributed by atoms with van der Waals surface area (Å²) in [6, 6.07) is 0. The number of aromatic nitrogens is 2. The largest absolute Gasteiger partial charge is 0.383 e. The molecule has 0 spiro atoms. The fraction of sp³-hybridized carbons (Fsp3) is 0.636. The summed E-state index contributed by atoms with van der Waals surface area (Å²) in [7, 11) is 0. The molecule has 0 unspecified atom stereocenters. The molecule has 0 aliphatic heterocycles. The Hall–Kier alpha value is -0.970. The van der Waals surface area contributed by atoms with Crippen LogP contribution in [-0.2, 0) is 0 Å². The lowest BCUT2D eigenvalue weighted by Crippen LogP contribution is -2.09. The Bertz CT molecular complexity index is 341. The second kappa shape index (κ2) is 6.58. The van der Waals surface area contributed by atoms with Crippen molar-refractivity contribution in [2.45, 2.75) is 26.7 Å². The van der Waals surface area contributed by atoms with Gasteiger partial charge in [-0.25, -0.2) is 9.97 Å². The van der Waals surface area contributed by atoms with E-state index in [9.17, 15) is 0 Å². The predicted octanol–water partition coefficient (Wildman–Crippen LogP) is 2.23. The van der Waals surface area contributed by atoms with Crippen LogP contribution in [0.15, 0.2) is 0 Å². The van der Waals surface area contributed by atoms with Crippen LogP contribution in [0.1, 0.15) is 24.2 Å². The fourth-order valence-electron chi connectivity index (χ4n) is 1.40. The van der Waals surface area contributed by atoms with Gasteiger partial charge in [-0.2, -0.15) is 11.8 Å². The van der Waals surface area contributed by atoms with Crippen LogP contribution in [0.3, 0.4) is 0 Å². The summed E-state index contributed by atoms with van der Waals surface area (Å²) >= 11 is 1.88. The van der Waals surface area contributed by atoms with Gasteiger partial charge in [-0.15, -0.1) is 0 Å². The minimum Gasteiger partial charge on any atom is -0.383 e. The number of nitrogens with zero attached hydrogens (tertiary/aromatic N) is 2. The Morgan fingerprint density at radius 1 is 1.25 bits per heavy atom. The molecule has 0 saturated heterocycles. The highest BCUT2D eigenvalue weighted by atomic mass is 32.2. The topological polar surface area (TPSA) is 63.8 Å². The molecule has 0 fully saturated rings. The highest BCUT2D eigenvalue weighted by Crippen LogP contribution is 2.16. The first-order valence-electron chi connectivity index (χ1n) is 5.48. The summed E-state index contributed by atoms with van der Waals surface area (Å²) < 4.78 is 0. The minimum absolute atomic E-state index is 0.569. The van der Waals surface area contributed by atoms with Crippen LogP contribution in [0, 0.1) is 13.8 Å². The molecule has 0 aliphatic carbocycles. The number of hydrogen-bond acceptors (Lipinski definition) is 5. The van der Waals surface area contributed by atoms with Crippen molar-refractivity contribution in [3.05, 3.63) is 11.4 Å². The van der Waals surface area contributed by atoms with E-state index in [0.717, 1.165) is 30.2 Å². The van der Waals surface area contributed by atoms with Crippen LogP contribution < -0.4 is 11.1 Å². The maximum absolute atomic E-state index is 5.78. The smallest absolute Gasteiger partial charge is 0.134 e. The van der Waals surface area contributed by atoms with Crippen LogP contribution in [0.4, 0.5) is 11.6 Å². The van der Waals surface area contributed by atoms with Crippen LogP contribution >= 0.6 is 11.8 Å². The molecule has 1 rings (SSSR count). The van der Waals surface area contributed by atoms with E-state index in [1.807, 2.05) is 25.6 Å². The first kappa shape index (κ1) is 13.1. The monoisotopic (exact) mass is 240 g/mol. The second-order valence-electron chi connectivity index (χ2n) is 3.76. The standard InChI is InChI=1S/C11H20N4S/c1-8-10(12)14-9(2)15-11(8)13-6-4-5-7-16-3/h4-7H2,1-3H3,(H3,12,13,14,15). The summed E-state index contributed by atoms with van der Waals surface area (Å²) in [4.78, 5) is 8.46. The van der Waals surface area contributed by atoms with Crippen LogP contribution in [0.5, 0.6) is 0 Å². The molecule has 5 heteroatoms. The van der Waals surface area contributed by atoms with E-state index >= 15 is 0 Å². The number of hydrogen-bond donors (Lipinski definition) is 2. The Kier molecular flexibility index (Phi) is 5.38. The molecule has 90 valence electrons. The third-order valence-corrected chi connectivity index (χ3v) is 3.06. The molecular formula is C11H20N4S. The zero-order chi connectivity index (χ0) is 12.0. The fourth-order valence-corrected chi connectivity index (χ4v) is 1.89. The van der Waals surface area contributed by atoms with Gasteiger partial charge >= 0.3 is 0 Å². The van der Waals surface area contributed by atoms with Gasteiger partial charge in [0.1, 0.15) is 17.5 Å². The molecule has 3 N–H and O–H groups in total. The lowest BCUT2D eigenvalue weighted by atomic mass is 10.3. The molecule has 0 radical (unpaired) electrons. The van der Waals surface area contributed by atoms with Gasteiger partial charge in [-0.1, -0.05) is 0 Å². The van der Waals surface area contributed by atoms with E-state index in [0.29, 0.717) is 5.82 Å². The first-order chi connectivity index (χ1) is 7.65. The quantitative estimate of drug-likeness (QED) is 0.747. The minimum atomic E-state index is 0.569. The second-order valence-corrected chi connectivity index (χ2v) is 4.74. The Balaban J connectivity index is 2.47. The van der Waals surface area contributed by atoms with Crippen LogP contribution in [0.25, 0.3) is 0 Å². The molecule has 16 heavy (non-hydrogen) atoms. The Labute approximate surface area is 101 Å². The van der Waals surface area contributed by atoms with E-state index < -0.39 is 0 Å². The number of nitrogens with one attached hydrogen (secondary N) is 1. The number of rotatable bonds is 6. The molecule has 0 aromatic carbocycles. The highest BCUT2D eigenvalue weighted by molar-refractivity contribution is 7.98. The van der Waals surface area contributed by atoms with Crippen molar-refractivity contribution in [1.82, 2.24) is 9.97 Å². The molecule has 0 aliphatic rings. The molecule has 1 aromatic rings. The van der Waals surface area contributed by atoms with Crippen molar-refractivity contribution in [3.8, 4) is 0 Å². The van der Waals surface area contributed by atoms with Crippen molar-refractivity contribution in [1.29, 1.82) is 0 Å². The summed E-state index contributed by atoms with van der Waals surface area (Å²) in [5, 5.41) is 3.31.